The lowest BCUT2D eigenvalue weighted by Crippen LogP contribution is -2.15. The largest absolute Gasteiger partial charge is 0.308 e. The van der Waals surface area contributed by atoms with Crippen molar-refractivity contribution in [3.8, 4) is 6.07 Å². The van der Waals surface area contributed by atoms with E-state index in [0.717, 1.165) is 27.6 Å². The predicted molar refractivity (Wildman–Crippen MR) is 108 cm³/mol. The fourth-order valence-electron chi connectivity index (χ4n) is 3.18. The highest BCUT2D eigenvalue weighted by molar-refractivity contribution is 5.92. The summed E-state index contributed by atoms with van der Waals surface area (Å²) >= 11 is 0. The van der Waals surface area contributed by atoms with Crippen molar-refractivity contribution in [2.45, 2.75) is 19.9 Å². The number of carbonyl (C=O) groups excluding carboxylic acids is 1. The number of nitrogens with zero attached hydrogens (tertiary/aromatic N) is 6. The summed E-state index contributed by atoms with van der Waals surface area (Å²) in [5, 5.41) is 25.6. The molecule has 0 saturated heterocycles. The lowest BCUT2D eigenvalue weighted by molar-refractivity contribution is -0.115. The number of aryl methyl sites for hydroxylation is 2. The molecule has 0 aliphatic rings. The third-order valence-corrected chi connectivity index (χ3v) is 4.73. The van der Waals surface area contributed by atoms with E-state index in [-0.39, 0.29) is 12.3 Å². The predicted octanol–water partition coefficient (Wildman–Crippen LogP) is 2.57. The van der Waals surface area contributed by atoms with Crippen LogP contribution < -0.4 is 5.32 Å². The van der Waals surface area contributed by atoms with Crippen LogP contribution in [0.25, 0.3) is 10.9 Å². The van der Waals surface area contributed by atoms with Crippen LogP contribution in [0.3, 0.4) is 0 Å². The fourth-order valence-corrected chi connectivity index (χ4v) is 3.18. The van der Waals surface area contributed by atoms with Crippen molar-refractivity contribution in [3.63, 3.8) is 0 Å². The van der Waals surface area contributed by atoms with Gasteiger partial charge in [0.2, 0.25) is 5.91 Å². The van der Waals surface area contributed by atoms with Crippen molar-refractivity contribution in [2.75, 3.05) is 5.32 Å². The Bertz CT molecular complexity index is 1250. The zero-order valence-electron chi connectivity index (χ0n) is 16.1. The van der Waals surface area contributed by atoms with E-state index >= 15 is 0 Å². The number of amides is 1. The number of nitriles is 1. The van der Waals surface area contributed by atoms with E-state index in [1.807, 2.05) is 50.4 Å². The Morgan fingerprint density at radius 2 is 1.97 bits per heavy atom. The molecule has 8 nitrogen and oxygen atoms in total. The van der Waals surface area contributed by atoms with Crippen molar-refractivity contribution in [1.82, 2.24) is 24.8 Å². The Hall–Kier alpha value is -3.99. The van der Waals surface area contributed by atoms with E-state index in [4.69, 9.17) is 5.26 Å². The van der Waals surface area contributed by atoms with Gasteiger partial charge in [-0.3, -0.25) is 9.48 Å². The van der Waals surface area contributed by atoms with Gasteiger partial charge in [-0.2, -0.15) is 20.3 Å². The van der Waals surface area contributed by atoms with Crippen molar-refractivity contribution in [1.29, 1.82) is 5.26 Å². The molecule has 2 aromatic heterocycles. The van der Waals surface area contributed by atoms with Crippen LogP contribution in [0.5, 0.6) is 0 Å². The molecule has 8 heteroatoms. The molecule has 144 valence electrons. The van der Waals surface area contributed by atoms with E-state index in [2.05, 4.69) is 26.7 Å². The number of hydrogen-bond acceptors (Lipinski definition) is 5. The maximum atomic E-state index is 12.4. The van der Waals surface area contributed by atoms with Crippen LogP contribution >= 0.6 is 0 Å². The van der Waals surface area contributed by atoms with Gasteiger partial charge in [0.1, 0.15) is 0 Å². The van der Waals surface area contributed by atoms with E-state index in [9.17, 15) is 4.79 Å². The first-order chi connectivity index (χ1) is 14.0. The van der Waals surface area contributed by atoms with Gasteiger partial charge in [-0.1, -0.05) is 18.2 Å². The van der Waals surface area contributed by atoms with Gasteiger partial charge in [0.25, 0.3) is 0 Å². The molecule has 0 atom stereocenters. The molecule has 4 rings (SSSR count). The quantitative estimate of drug-likeness (QED) is 0.569. The number of benzene rings is 2. The number of rotatable bonds is 5. The number of aromatic nitrogens is 5. The molecule has 1 amide bonds. The summed E-state index contributed by atoms with van der Waals surface area (Å²) < 4.78 is 1.80. The molecule has 0 aliphatic heterocycles. The van der Waals surface area contributed by atoms with Crippen molar-refractivity contribution in [2.24, 2.45) is 7.05 Å². The van der Waals surface area contributed by atoms with Crippen LogP contribution in [0, 0.1) is 18.3 Å². The molecule has 0 radical (unpaired) electrons. The molecule has 0 saturated carbocycles. The third kappa shape index (κ3) is 3.99. The highest BCUT2D eigenvalue weighted by atomic mass is 16.1. The second kappa shape index (κ2) is 7.56. The summed E-state index contributed by atoms with van der Waals surface area (Å²) in [6.45, 7) is 2.32. The SMILES string of the molecule is Cc1ccc(Cn2ncc(NC(=O)Cc3ccc4c(cnn4C)c3)n2)cc1C#N. The molecular weight excluding hydrogens is 366 g/mol. The minimum atomic E-state index is -0.164. The van der Waals surface area contributed by atoms with Crippen molar-refractivity contribution in [3.05, 3.63) is 71.0 Å². The van der Waals surface area contributed by atoms with Crippen LogP contribution in [-0.4, -0.2) is 30.7 Å². The van der Waals surface area contributed by atoms with Gasteiger partial charge in [-0.15, -0.1) is 5.10 Å². The molecule has 29 heavy (non-hydrogen) atoms. The number of carbonyl (C=O) groups is 1. The van der Waals surface area contributed by atoms with Crippen LogP contribution in [0.1, 0.15) is 22.3 Å². The average molecular weight is 385 g/mol. The first-order valence-corrected chi connectivity index (χ1v) is 9.12. The van der Waals surface area contributed by atoms with Crippen LogP contribution in [0.4, 0.5) is 5.82 Å². The van der Waals surface area contributed by atoms with Gasteiger partial charge in [-0.05, 0) is 41.8 Å². The van der Waals surface area contributed by atoms with Gasteiger partial charge >= 0.3 is 0 Å². The van der Waals surface area contributed by atoms with Gasteiger partial charge < -0.3 is 5.32 Å². The van der Waals surface area contributed by atoms with E-state index in [0.29, 0.717) is 17.9 Å². The number of hydrogen-bond donors (Lipinski definition) is 1. The summed E-state index contributed by atoms with van der Waals surface area (Å²) in [5.41, 5.74) is 4.41. The first kappa shape index (κ1) is 18.4. The zero-order chi connectivity index (χ0) is 20.4. The van der Waals surface area contributed by atoms with Gasteiger partial charge in [-0.25, -0.2) is 0 Å². The molecule has 0 spiro atoms. The second-order valence-electron chi connectivity index (χ2n) is 6.91. The van der Waals surface area contributed by atoms with Crippen molar-refractivity contribution >= 4 is 22.6 Å². The van der Waals surface area contributed by atoms with Gasteiger partial charge in [0, 0.05) is 12.4 Å². The summed E-state index contributed by atoms with van der Waals surface area (Å²) in [6.07, 6.45) is 3.54. The standard InChI is InChI=1S/C21H19N7O/c1-14-3-4-16(8-17(14)10-22)13-28-24-12-20(26-28)25-21(29)9-15-5-6-19-18(7-15)11-23-27(19)2/h3-8,11-12H,9,13H2,1-2H3,(H,25,26,29). The van der Waals surface area contributed by atoms with Gasteiger partial charge in [0.15, 0.2) is 5.82 Å². The molecule has 1 N–H and O–H groups in total. The average Bonchev–Trinajstić information content (AvgIpc) is 3.29. The number of anilines is 1. The Morgan fingerprint density at radius 3 is 2.79 bits per heavy atom. The Kier molecular flexibility index (Phi) is 4.79. The molecule has 2 aromatic carbocycles. The summed E-state index contributed by atoms with van der Waals surface area (Å²) in [7, 11) is 1.88. The highest BCUT2D eigenvalue weighted by Crippen LogP contribution is 2.16. The molecular formula is C21H19N7O. The third-order valence-electron chi connectivity index (χ3n) is 4.73. The molecule has 2 heterocycles. The number of nitrogens with one attached hydrogen (secondary N) is 1. The first-order valence-electron chi connectivity index (χ1n) is 9.12. The topological polar surface area (TPSA) is 101 Å². The number of fused-ring (bicyclic) bond motifs is 1. The van der Waals surface area contributed by atoms with E-state index in [1.165, 1.54) is 11.0 Å². The molecule has 0 bridgehead atoms. The molecule has 0 unspecified atom stereocenters. The summed E-state index contributed by atoms with van der Waals surface area (Å²) in [6, 6.07) is 13.7. The lowest BCUT2D eigenvalue weighted by Gasteiger charge is -2.04. The van der Waals surface area contributed by atoms with Gasteiger partial charge in [0.05, 0.1) is 42.5 Å². The normalized spacial score (nSPS) is 10.8. The molecule has 0 fully saturated rings. The van der Waals surface area contributed by atoms with E-state index < -0.39 is 0 Å². The smallest absolute Gasteiger partial charge is 0.230 e. The maximum absolute atomic E-state index is 12.4. The van der Waals surface area contributed by atoms with Crippen LogP contribution in [0.2, 0.25) is 0 Å². The van der Waals surface area contributed by atoms with Crippen LogP contribution in [0.15, 0.2) is 48.8 Å². The van der Waals surface area contributed by atoms with Crippen molar-refractivity contribution < 1.29 is 4.79 Å². The summed E-state index contributed by atoms with van der Waals surface area (Å²) in [5.74, 6) is 0.229. The maximum Gasteiger partial charge on any atom is 0.230 e. The summed E-state index contributed by atoms with van der Waals surface area (Å²) in [4.78, 5) is 13.9. The van der Waals surface area contributed by atoms with E-state index in [1.54, 1.807) is 10.9 Å². The Labute approximate surface area is 167 Å². The molecule has 0 aliphatic carbocycles. The Morgan fingerprint density at radius 1 is 1.14 bits per heavy atom. The zero-order valence-corrected chi connectivity index (χ0v) is 16.1. The fraction of sp³-hybridized carbons (Fsp3) is 0.190. The van der Waals surface area contributed by atoms with Crippen LogP contribution in [-0.2, 0) is 24.8 Å². The highest BCUT2D eigenvalue weighted by Gasteiger charge is 2.09. The lowest BCUT2D eigenvalue weighted by atomic mass is 10.1. The monoisotopic (exact) mass is 385 g/mol. The minimum Gasteiger partial charge on any atom is -0.308 e. The second-order valence-corrected chi connectivity index (χ2v) is 6.91. The minimum absolute atomic E-state index is 0.164. The molecule has 4 aromatic rings. The Balaban J connectivity index is 1.40.